The average molecular weight is 486 g/mol. The summed E-state index contributed by atoms with van der Waals surface area (Å²) >= 11 is 0. The van der Waals surface area contributed by atoms with E-state index in [0.717, 1.165) is 5.56 Å². The van der Waals surface area contributed by atoms with Crippen molar-refractivity contribution in [1.29, 1.82) is 0 Å². The smallest absolute Gasteiger partial charge is 0.326 e. The minimum atomic E-state index is -1.00. The first-order valence-electron chi connectivity index (χ1n) is 14.3. The summed E-state index contributed by atoms with van der Waals surface area (Å²) in [5.41, 5.74) is 0.805. The van der Waals surface area contributed by atoms with Gasteiger partial charge in [-0.2, -0.15) is 0 Å². The molecular weight excluding hydrogens is 444 g/mol. The Bertz CT molecular complexity index is 1250. The first kappa shape index (κ1) is 20.0. The molecule has 1 amide bonds. The zero-order chi connectivity index (χ0) is 29.8. The van der Waals surface area contributed by atoms with Gasteiger partial charge in [0.2, 0.25) is 5.91 Å². The van der Waals surface area contributed by atoms with Crippen LogP contribution >= 0.6 is 0 Å². The molecule has 7 nitrogen and oxygen atoms in total. The molecule has 0 bridgehead atoms. The van der Waals surface area contributed by atoms with Crippen LogP contribution in [0.15, 0.2) is 54.5 Å². The van der Waals surface area contributed by atoms with Crippen LogP contribution in [0.4, 0.5) is 5.69 Å². The fraction of sp³-hybridized carbons (Fsp3) is 0.464. The number of esters is 2. The molecule has 2 aromatic rings. The van der Waals surface area contributed by atoms with E-state index >= 15 is 0 Å². The Labute approximate surface area is 214 Å². The number of aryl methyl sites for hydroxylation is 1. The number of hydrogen-bond acceptors (Lipinski definition) is 6. The van der Waals surface area contributed by atoms with Crippen molar-refractivity contribution < 1.29 is 30.7 Å². The van der Waals surface area contributed by atoms with Gasteiger partial charge in [-0.25, -0.2) is 0 Å². The lowest BCUT2D eigenvalue weighted by Gasteiger charge is -2.29. The Hall–Kier alpha value is -3.19. The number of hydrogen-bond donors (Lipinski definition) is 1. The molecule has 1 N–H and O–H groups in total. The van der Waals surface area contributed by atoms with E-state index in [-0.39, 0.29) is 43.6 Å². The Morgan fingerprint density at radius 1 is 1.20 bits per heavy atom. The van der Waals surface area contributed by atoms with Crippen LogP contribution in [0.1, 0.15) is 58.5 Å². The van der Waals surface area contributed by atoms with E-state index in [0.29, 0.717) is 18.5 Å². The van der Waals surface area contributed by atoms with E-state index in [9.17, 15) is 14.4 Å². The van der Waals surface area contributed by atoms with E-state index in [2.05, 4.69) is 5.32 Å². The van der Waals surface area contributed by atoms with Crippen LogP contribution in [0.2, 0.25) is 0 Å². The highest BCUT2D eigenvalue weighted by atomic mass is 16.6. The highest BCUT2D eigenvalue weighted by Crippen LogP contribution is 2.27. The second-order valence-electron chi connectivity index (χ2n) is 9.34. The normalized spacial score (nSPS) is 18.7. The molecule has 0 aromatic heterocycles. The van der Waals surface area contributed by atoms with E-state index in [4.69, 9.17) is 16.3 Å². The largest absolute Gasteiger partial charge is 0.465 e. The van der Waals surface area contributed by atoms with Gasteiger partial charge in [-0.3, -0.25) is 24.6 Å². The molecule has 0 saturated heterocycles. The second-order valence-corrected chi connectivity index (χ2v) is 9.34. The van der Waals surface area contributed by atoms with Gasteiger partial charge in [0, 0.05) is 5.69 Å². The second kappa shape index (κ2) is 12.0. The van der Waals surface area contributed by atoms with Gasteiger partial charge < -0.3 is 9.47 Å². The lowest BCUT2D eigenvalue weighted by Crippen LogP contribution is -2.53. The lowest BCUT2D eigenvalue weighted by atomic mass is 10.0. The first-order valence-corrected chi connectivity index (χ1v) is 11.8. The monoisotopic (exact) mass is 485 g/mol. The minimum Gasteiger partial charge on any atom is -0.465 e. The first-order chi connectivity index (χ1) is 18.7. The number of ether oxygens (including phenoxy) is 2. The van der Waals surface area contributed by atoms with Crippen LogP contribution in [-0.2, 0) is 36.7 Å². The molecule has 0 aliphatic carbocycles. The van der Waals surface area contributed by atoms with E-state index in [1.54, 1.807) is 39.8 Å². The van der Waals surface area contributed by atoms with Gasteiger partial charge in [0.25, 0.3) is 0 Å². The number of carbonyl (C=O) groups is 3. The summed E-state index contributed by atoms with van der Waals surface area (Å²) in [6.45, 7) is 6.67. The van der Waals surface area contributed by atoms with Crippen molar-refractivity contribution >= 4 is 23.5 Å². The predicted octanol–water partition coefficient (Wildman–Crippen LogP) is 3.83. The van der Waals surface area contributed by atoms with E-state index in [1.165, 1.54) is 4.90 Å². The van der Waals surface area contributed by atoms with Crippen molar-refractivity contribution in [3.05, 3.63) is 65.6 Å². The third-order valence-electron chi connectivity index (χ3n) is 5.46. The molecule has 7 heteroatoms. The maximum atomic E-state index is 13.8. The minimum absolute atomic E-state index is 0.0189. The molecule has 2 aromatic carbocycles. The number of anilines is 1. The molecule has 0 fully saturated rings. The van der Waals surface area contributed by atoms with Crippen LogP contribution in [0.5, 0.6) is 0 Å². The summed E-state index contributed by atoms with van der Waals surface area (Å²) < 4.78 is 50.7. The van der Waals surface area contributed by atoms with Gasteiger partial charge in [0.05, 0.1) is 19.5 Å². The Morgan fingerprint density at radius 2 is 1.91 bits per heavy atom. The molecule has 3 rings (SSSR count). The topological polar surface area (TPSA) is 84.9 Å². The van der Waals surface area contributed by atoms with Crippen molar-refractivity contribution in [3.8, 4) is 0 Å². The molecule has 0 spiro atoms. The molecule has 0 saturated carbocycles. The molecule has 35 heavy (non-hydrogen) atoms. The number of nitrogens with one attached hydrogen (secondary N) is 1. The highest BCUT2D eigenvalue weighted by molar-refractivity contribution is 6.02. The van der Waals surface area contributed by atoms with Crippen molar-refractivity contribution in [2.45, 2.75) is 71.1 Å². The Kier molecular flexibility index (Phi) is 6.86. The summed E-state index contributed by atoms with van der Waals surface area (Å²) in [6, 6.07) is 3.35. The van der Waals surface area contributed by atoms with Gasteiger partial charge in [0.15, 0.2) is 0 Å². The molecule has 1 aliphatic rings. The summed E-state index contributed by atoms with van der Waals surface area (Å²) in [4.78, 5) is 40.8. The number of fused-ring (bicyclic) bond motifs is 1. The number of nitrogens with zero attached hydrogens (tertiary/aromatic N) is 1. The van der Waals surface area contributed by atoms with Crippen LogP contribution < -0.4 is 10.2 Å². The Morgan fingerprint density at radius 3 is 2.60 bits per heavy atom. The molecule has 1 unspecified atom stereocenters. The molecule has 188 valence electrons. The molecular formula is C28H36N2O5. The zero-order valence-corrected chi connectivity index (χ0v) is 20.7. The summed E-state index contributed by atoms with van der Waals surface area (Å²) in [5, 5.41) is 3.10. The zero-order valence-electron chi connectivity index (χ0n) is 25.7. The van der Waals surface area contributed by atoms with E-state index < -0.39 is 53.7 Å². The van der Waals surface area contributed by atoms with Gasteiger partial charge in [-0.1, -0.05) is 48.4 Å². The molecule has 1 aliphatic heterocycles. The van der Waals surface area contributed by atoms with Gasteiger partial charge in [-0.15, -0.1) is 0 Å². The standard InChI is InChI=1S/C28H36N2O5/c1-5-34-27(33)23(17-15-20-11-7-6-8-12-20)29-22-18-16-21-13-9-10-14-24(21)30(26(22)32)19-25(31)35-28(2,3)4/h6-14,22-23,29H,5,15-19H2,1-4H3/t22-,23?/m0/s1/i6D,7D,8D,11D,12D. The van der Waals surface area contributed by atoms with Crippen molar-refractivity contribution in [2.75, 3.05) is 18.1 Å². The third-order valence-corrected chi connectivity index (χ3v) is 5.46. The molecule has 1 heterocycles. The Balaban J connectivity index is 1.88. The van der Waals surface area contributed by atoms with Crippen LogP contribution in [0, 0.1) is 0 Å². The fourth-order valence-corrected chi connectivity index (χ4v) is 3.98. The van der Waals surface area contributed by atoms with Crippen LogP contribution in [0.25, 0.3) is 0 Å². The third kappa shape index (κ3) is 7.65. The quantitative estimate of drug-likeness (QED) is 0.544. The van der Waals surface area contributed by atoms with Crippen LogP contribution in [-0.4, -0.2) is 48.7 Å². The van der Waals surface area contributed by atoms with E-state index in [1.807, 2.05) is 12.1 Å². The van der Waals surface area contributed by atoms with Crippen LogP contribution in [0.3, 0.4) is 0 Å². The summed E-state index contributed by atoms with van der Waals surface area (Å²) in [5.74, 6) is -1.60. The maximum Gasteiger partial charge on any atom is 0.326 e. The number of rotatable bonds is 9. The van der Waals surface area contributed by atoms with Crippen molar-refractivity contribution in [1.82, 2.24) is 5.32 Å². The number of para-hydroxylation sites is 1. The van der Waals surface area contributed by atoms with Gasteiger partial charge in [0.1, 0.15) is 18.2 Å². The number of amides is 1. The van der Waals surface area contributed by atoms with Crippen molar-refractivity contribution in [3.63, 3.8) is 0 Å². The highest BCUT2D eigenvalue weighted by Gasteiger charge is 2.35. The fourth-order valence-electron chi connectivity index (χ4n) is 3.98. The van der Waals surface area contributed by atoms with Gasteiger partial charge in [-0.05, 0) is 70.6 Å². The van der Waals surface area contributed by atoms with Crippen molar-refractivity contribution in [2.24, 2.45) is 0 Å². The SMILES string of the molecule is [2H]c1c([2H])c([2H])c(CCC(N[C@H]2CCc3ccccc3N(CC(=O)OC(C)(C)C)C2=O)C(=O)OCC)c([2H])c1[2H]. The number of benzene rings is 2. The number of carbonyl (C=O) groups excluding carboxylic acids is 3. The maximum absolute atomic E-state index is 13.8. The average Bonchev–Trinajstić information content (AvgIpc) is 3.01. The summed E-state index contributed by atoms with van der Waals surface area (Å²) in [7, 11) is 0. The molecule has 0 radical (unpaired) electrons. The predicted molar refractivity (Wildman–Crippen MR) is 135 cm³/mol. The summed E-state index contributed by atoms with van der Waals surface area (Å²) in [6.07, 6.45) is 0.846. The lowest BCUT2D eigenvalue weighted by molar-refractivity contribution is -0.154. The molecule has 2 atom stereocenters. The van der Waals surface area contributed by atoms with Gasteiger partial charge >= 0.3 is 11.9 Å².